The Balaban J connectivity index is 1.67. The van der Waals surface area contributed by atoms with Crippen molar-refractivity contribution in [1.29, 1.82) is 0 Å². The molecule has 1 amide bonds. The molecule has 1 atom stereocenters. The van der Waals surface area contributed by atoms with E-state index in [1.165, 1.54) is 6.07 Å². The van der Waals surface area contributed by atoms with Gasteiger partial charge in [0.1, 0.15) is 12.4 Å². The number of nitrogens with one attached hydrogen (secondary N) is 1. The van der Waals surface area contributed by atoms with Gasteiger partial charge >= 0.3 is 0 Å². The van der Waals surface area contributed by atoms with Crippen LogP contribution >= 0.6 is 0 Å². The lowest BCUT2D eigenvalue weighted by Crippen LogP contribution is -2.40. The quantitative estimate of drug-likeness (QED) is 0.380. The number of nitro benzene ring substituents is 1. The predicted molar refractivity (Wildman–Crippen MR) is 121 cm³/mol. The highest BCUT2D eigenvalue weighted by Gasteiger charge is 2.37. The topological polar surface area (TPSA) is 102 Å². The lowest BCUT2D eigenvalue weighted by atomic mass is 9.81. The van der Waals surface area contributed by atoms with Crippen molar-refractivity contribution in [3.05, 3.63) is 106 Å². The minimum Gasteiger partial charge on any atom is -0.489 e. The summed E-state index contributed by atoms with van der Waals surface area (Å²) in [6.45, 7) is 3.64. The van der Waals surface area contributed by atoms with Gasteiger partial charge in [-0.3, -0.25) is 14.9 Å². The van der Waals surface area contributed by atoms with Gasteiger partial charge in [-0.15, -0.1) is 0 Å². The van der Waals surface area contributed by atoms with Gasteiger partial charge < -0.3 is 15.2 Å². The molecule has 0 bridgehead atoms. The number of para-hydroxylation sites is 1. The summed E-state index contributed by atoms with van der Waals surface area (Å²) in [6.07, 6.45) is -1.10. The molecule has 0 fully saturated rings. The number of aliphatic hydroxyl groups excluding tert-OH is 1. The molecule has 7 heteroatoms. The summed E-state index contributed by atoms with van der Waals surface area (Å²) in [4.78, 5) is 23.5. The van der Waals surface area contributed by atoms with Crippen LogP contribution in [0.1, 0.15) is 36.6 Å². The highest BCUT2D eigenvalue weighted by atomic mass is 16.6. The molecule has 0 aromatic heterocycles. The maximum Gasteiger partial charge on any atom is 0.274 e. The summed E-state index contributed by atoms with van der Waals surface area (Å²) in [5.74, 6) is 0.167. The number of benzene rings is 3. The van der Waals surface area contributed by atoms with E-state index >= 15 is 0 Å². The summed E-state index contributed by atoms with van der Waals surface area (Å²) in [5, 5.41) is 24.8. The molecule has 0 aliphatic carbocycles. The molecule has 0 radical (unpaired) electrons. The molecular weight excluding hydrogens is 408 g/mol. The van der Waals surface area contributed by atoms with Crippen molar-refractivity contribution in [3.63, 3.8) is 0 Å². The van der Waals surface area contributed by atoms with Crippen LogP contribution in [-0.4, -0.2) is 15.9 Å². The fourth-order valence-corrected chi connectivity index (χ4v) is 3.30. The molecule has 0 aliphatic heterocycles. The third-order valence-corrected chi connectivity index (χ3v) is 5.32. The Hall–Kier alpha value is -3.71. The van der Waals surface area contributed by atoms with Crippen LogP contribution in [0.3, 0.4) is 0 Å². The molecule has 1 unspecified atom stereocenters. The summed E-state index contributed by atoms with van der Waals surface area (Å²) >= 11 is 0. The Bertz CT molecular complexity index is 1080. The highest BCUT2D eigenvalue weighted by molar-refractivity contribution is 5.82. The molecule has 3 rings (SSSR count). The molecule has 2 N–H and O–H groups in total. The normalized spacial score (nSPS) is 12.1. The van der Waals surface area contributed by atoms with Crippen LogP contribution in [0.2, 0.25) is 0 Å². The first-order valence-electron chi connectivity index (χ1n) is 10.2. The van der Waals surface area contributed by atoms with Crippen LogP contribution in [0, 0.1) is 15.5 Å². The van der Waals surface area contributed by atoms with E-state index in [0.29, 0.717) is 23.5 Å². The van der Waals surface area contributed by atoms with Gasteiger partial charge in [-0.25, -0.2) is 0 Å². The van der Waals surface area contributed by atoms with Gasteiger partial charge in [0.25, 0.3) is 5.69 Å². The van der Waals surface area contributed by atoms with E-state index in [-0.39, 0.29) is 12.2 Å². The van der Waals surface area contributed by atoms with E-state index in [0.717, 1.165) is 5.56 Å². The highest BCUT2D eigenvalue weighted by Crippen LogP contribution is 2.35. The maximum atomic E-state index is 12.9. The first-order valence-corrected chi connectivity index (χ1v) is 10.2. The van der Waals surface area contributed by atoms with Crippen LogP contribution < -0.4 is 10.1 Å². The number of ether oxygens (including phenoxy) is 1. The number of amides is 1. The SMILES string of the molecule is CC(C)(C(=O)NCc1ccccc1[N+](=O)[O-])C(O)c1cccc(OCc2ccccc2)c1. The molecule has 166 valence electrons. The third kappa shape index (κ3) is 5.50. The van der Waals surface area contributed by atoms with Crippen LogP contribution in [0.5, 0.6) is 5.75 Å². The number of nitrogens with zero attached hydrogens (tertiary/aromatic N) is 1. The van der Waals surface area contributed by atoms with Crippen LogP contribution in [0.25, 0.3) is 0 Å². The van der Waals surface area contributed by atoms with Crippen molar-refractivity contribution in [2.24, 2.45) is 5.41 Å². The van der Waals surface area contributed by atoms with Gasteiger partial charge in [-0.05, 0) is 37.1 Å². The van der Waals surface area contributed by atoms with Crippen molar-refractivity contribution in [2.45, 2.75) is 33.1 Å². The summed E-state index contributed by atoms with van der Waals surface area (Å²) < 4.78 is 5.82. The Morgan fingerprint density at radius 2 is 1.75 bits per heavy atom. The predicted octanol–water partition coefficient (Wildman–Crippen LogP) is 4.55. The van der Waals surface area contributed by atoms with E-state index < -0.39 is 22.3 Å². The van der Waals surface area contributed by atoms with Gasteiger partial charge in [0.15, 0.2) is 0 Å². The van der Waals surface area contributed by atoms with Gasteiger partial charge in [-0.1, -0.05) is 60.7 Å². The first-order chi connectivity index (χ1) is 15.3. The van der Waals surface area contributed by atoms with Crippen molar-refractivity contribution < 1.29 is 19.6 Å². The molecule has 7 nitrogen and oxygen atoms in total. The number of rotatable bonds is 9. The van der Waals surface area contributed by atoms with E-state index in [4.69, 9.17) is 4.74 Å². The average Bonchev–Trinajstić information content (AvgIpc) is 2.81. The van der Waals surface area contributed by atoms with Crippen molar-refractivity contribution in [1.82, 2.24) is 5.32 Å². The summed E-state index contributed by atoms with van der Waals surface area (Å²) in [7, 11) is 0. The fraction of sp³-hybridized carbons (Fsp3) is 0.240. The second-order valence-electron chi connectivity index (χ2n) is 8.04. The number of carbonyl (C=O) groups is 1. The van der Waals surface area contributed by atoms with Crippen molar-refractivity contribution in [2.75, 3.05) is 0 Å². The van der Waals surface area contributed by atoms with Gasteiger partial charge in [0, 0.05) is 18.2 Å². The molecule has 32 heavy (non-hydrogen) atoms. The lowest BCUT2D eigenvalue weighted by Gasteiger charge is -2.29. The third-order valence-electron chi connectivity index (χ3n) is 5.32. The molecular formula is C25H26N2O5. The van der Waals surface area contributed by atoms with Gasteiger partial charge in [-0.2, -0.15) is 0 Å². The fourth-order valence-electron chi connectivity index (χ4n) is 3.30. The number of aliphatic hydroxyl groups is 1. The number of hydrogen-bond donors (Lipinski definition) is 2. The van der Waals surface area contributed by atoms with Gasteiger partial charge in [0.2, 0.25) is 5.91 Å². The van der Waals surface area contributed by atoms with E-state index in [2.05, 4.69) is 5.32 Å². The lowest BCUT2D eigenvalue weighted by molar-refractivity contribution is -0.385. The Morgan fingerprint density at radius 1 is 1.06 bits per heavy atom. The largest absolute Gasteiger partial charge is 0.489 e. The first kappa shape index (κ1) is 23.0. The second kappa shape index (κ2) is 10.1. The standard InChI is InChI=1S/C25H26N2O5/c1-25(2,24(29)26-16-20-11-6-7-14-22(20)27(30)31)23(28)19-12-8-13-21(15-19)32-17-18-9-4-3-5-10-18/h3-15,23,28H,16-17H2,1-2H3,(H,26,29). The molecule has 0 saturated heterocycles. The number of nitro groups is 1. The Kier molecular flexibility index (Phi) is 7.22. The van der Waals surface area contributed by atoms with E-state index in [1.54, 1.807) is 56.3 Å². The number of hydrogen-bond acceptors (Lipinski definition) is 5. The van der Waals surface area contributed by atoms with Gasteiger partial charge in [0.05, 0.1) is 16.4 Å². The zero-order valence-corrected chi connectivity index (χ0v) is 18.0. The molecule has 0 spiro atoms. The molecule has 3 aromatic rings. The maximum absolute atomic E-state index is 12.9. The number of carbonyl (C=O) groups excluding carboxylic acids is 1. The molecule has 0 heterocycles. The molecule has 0 saturated carbocycles. The summed E-state index contributed by atoms with van der Waals surface area (Å²) in [6, 6.07) is 23.0. The zero-order valence-electron chi connectivity index (χ0n) is 18.0. The Morgan fingerprint density at radius 3 is 2.47 bits per heavy atom. The Labute approximate surface area is 186 Å². The van der Waals surface area contributed by atoms with Crippen LogP contribution in [0.15, 0.2) is 78.9 Å². The molecule has 3 aromatic carbocycles. The average molecular weight is 434 g/mol. The van der Waals surface area contributed by atoms with Crippen molar-refractivity contribution in [3.8, 4) is 5.75 Å². The van der Waals surface area contributed by atoms with E-state index in [9.17, 15) is 20.0 Å². The monoisotopic (exact) mass is 434 g/mol. The minimum atomic E-state index is -1.18. The summed E-state index contributed by atoms with van der Waals surface area (Å²) in [5.41, 5.74) is 0.721. The smallest absolute Gasteiger partial charge is 0.274 e. The van der Waals surface area contributed by atoms with Crippen LogP contribution in [-0.2, 0) is 17.9 Å². The second-order valence-corrected chi connectivity index (χ2v) is 8.04. The van der Waals surface area contributed by atoms with Crippen molar-refractivity contribution >= 4 is 11.6 Å². The minimum absolute atomic E-state index is 0.00758. The van der Waals surface area contributed by atoms with E-state index in [1.807, 2.05) is 30.3 Å². The van der Waals surface area contributed by atoms with Crippen LogP contribution in [0.4, 0.5) is 5.69 Å². The zero-order chi connectivity index (χ0) is 23.1. The molecule has 0 aliphatic rings.